The lowest BCUT2D eigenvalue weighted by Crippen LogP contribution is -2.46. The number of aromatic amines is 1. The number of nitrogens with one attached hydrogen (secondary N) is 1. The van der Waals surface area contributed by atoms with Crippen molar-refractivity contribution in [2.45, 2.75) is 25.4 Å². The molecular weight excluding hydrogens is 466 g/mol. The molecule has 35 heavy (non-hydrogen) atoms. The molecule has 2 atom stereocenters. The van der Waals surface area contributed by atoms with Crippen LogP contribution < -0.4 is 9.47 Å². The molecule has 0 radical (unpaired) electrons. The van der Waals surface area contributed by atoms with Crippen LogP contribution in [-0.2, 0) is 13.0 Å². The molecule has 0 unspecified atom stereocenters. The first-order chi connectivity index (χ1) is 17.0. The lowest BCUT2D eigenvalue weighted by Gasteiger charge is -2.38. The zero-order valence-corrected chi connectivity index (χ0v) is 20.4. The summed E-state index contributed by atoms with van der Waals surface area (Å²) in [5.74, 6) is 1.37. The van der Waals surface area contributed by atoms with Gasteiger partial charge in [0.15, 0.2) is 5.78 Å². The summed E-state index contributed by atoms with van der Waals surface area (Å²) in [6.45, 7) is 2.26. The summed E-state index contributed by atoms with van der Waals surface area (Å²) < 4.78 is 13.5. The molecule has 2 aliphatic heterocycles. The van der Waals surface area contributed by atoms with Crippen molar-refractivity contribution in [2.24, 2.45) is 5.92 Å². The van der Waals surface area contributed by atoms with Gasteiger partial charge in [0, 0.05) is 35.9 Å². The highest BCUT2D eigenvalue weighted by Crippen LogP contribution is 2.35. The van der Waals surface area contributed by atoms with Gasteiger partial charge in [0.05, 0.1) is 42.6 Å². The Kier molecular flexibility index (Phi) is 5.50. The predicted molar refractivity (Wildman–Crippen MR) is 133 cm³/mol. The number of fused-ring (bicyclic) bond motifs is 2. The van der Waals surface area contributed by atoms with E-state index >= 15 is 0 Å². The molecule has 3 aromatic heterocycles. The van der Waals surface area contributed by atoms with Gasteiger partial charge < -0.3 is 18.9 Å². The minimum Gasteiger partial charge on any atom is -0.497 e. The number of benzene rings is 1. The monoisotopic (exact) mass is 491 g/mol. The SMILES string of the molecule is COc1ccc2c(c1)C[C@H](C(=O)c1cn(C[C@@H]3CCN3C)c3cc(-c4cn[nH]c4Cl)ncc13)CO2. The number of likely N-dealkylation sites (tertiary alicyclic amines) is 1. The molecule has 0 bridgehead atoms. The van der Waals surface area contributed by atoms with E-state index in [9.17, 15) is 4.79 Å². The van der Waals surface area contributed by atoms with E-state index in [0.29, 0.717) is 29.8 Å². The van der Waals surface area contributed by atoms with Crippen molar-refractivity contribution in [1.29, 1.82) is 0 Å². The summed E-state index contributed by atoms with van der Waals surface area (Å²) in [7, 11) is 3.77. The first-order valence-electron chi connectivity index (χ1n) is 11.7. The van der Waals surface area contributed by atoms with Crippen molar-refractivity contribution >= 4 is 28.3 Å². The molecule has 1 fully saturated rings. The summed E-state index contributed by atoms with van der Waals surface area (Å²) in [5, 5.41) is 8.06. The van der Waals surface area contributed by atoms with E-state index in [2.05, 4.69) is 31.7 Å². The second-order valence-electron chi connectivity index (χ2n) is 9.35. The van der Waals surface area contributed by atoms with Crippen molar-refractivity contribution in [3.05, 3.63) is 59.1 Å². The molecule has 6 rings (SSSR count). The molecule has 1 aromatic carbocycles. The number of aromatic nitrogens is 4. The van der Waals surface area contributed by atoms with Crippen LogP contribution in [0.15, 0.2) is 42.9 Å². The summed E-state index contributed by atoms with van der Waals surface area (Å²) in [4.78, 5) is 20.8. The highest BCUT2D eigenvalue weighted by atomic mass is 35.5. The minimum atomic E-state index is -0.275. The maximum atomic E-state index is 13.8. The summed E-state index contributed by atoms with van der Waals surface area (Å²) >= 11 is 6.27. The molecule has 9 heteroatoms. The van der Waals surface area contributed by atoms with Crippen molar-refractivity contribution in [3.63, 3.8) is 0 Å². The lowest BCUT2D eigenvalue weighted by molar-refractivity contribution is 0.0855. The van der Waals surface area contributed by atoms with Gasteiger partial charge in [-0.15, -0.1) is 0 Å². The van der Waals surface area contributed by atoms with Gasteiger partial charge in [-0.3, -0.25) is 14.9 Å². The fourth-order valence-electron chi connectivity index (χ4n) is 5.04. The molecule has 2 aliphatic rings. The number of carbonyl (C=O) groups is 1. The van der Waals surface area contributed by atoms with E-state index < -0.39 is 0 Å². The van der Waals surface area contributed by atoms with Crippen LogP contribution in [0.5, 0.6) is 11.5 Å². The van der Waals surface area contributed by atoms with Crippen LogP contribution in [0.4, 0.5) is 0 Å². The van der Waals surface area contributed by atoms with E-state index in [1.54, 1.807) is 19.5 Å². The Labute approximate surface area is 207 Å². The molecule has 1 saturated heterocycles. The third kappa shape index (κ3) is 3.86. The van der Waals surface area contributed by atoms with E-state index in [1.807, 2.05) is 30.5 Å². The van der Waals surface area contributed by atoms with Gasteiger partial charge in [0.2, 0.25) is 0 Å². The molecule has 1 N–H and O–H groups in total. The van der Waals surface area contributed by atoms with Crippen LogP contribution >= 0.6 is 11.6 Å². The number of likely N-dealkylation sites (N-methyl/N-ethyl adjacent to an activating group) is 1. The number of carbonyl (C=O) groups excluding carboxylic acids is 1. The fourth-order valence-corrected chi connectivity index (χ4v) is 5.24. The first kappa shape index (κ1) is 22.1. The number of hydrogen-bond donors (Lipinski definition) is 1. The number of nitrogens with zero attached hydrogens (tertiary/aromatic N) is 4. The Bertz CT molecular complexity index is 1430. The van der Waals surface area contributed by atoms with E-state index in [0.717, 1.165) is 58.7 Å². The number of ether oxygens (including phenoxy) is 2. The molecule has 180 valence electrons. The highest BCUT2D eigenvalue weighted by molar-refractivity contribution is 6.32. The molecule has 0 aliphatic carbocycles. The fraction of sp³-hybridized carbons (Fsp3) is 0.346. The van der Waals surface area contributed by atoms with Crippen LogP contribution in [0.2, 0.25) is 5.15 Å². The summed E-state index contributed by atoms with van der Waals surface area (Å²) in [5.41, 5.74) is 4.09. The van der Waals surface area contributed by atoms with Crippen molar-refractivity contribution in [3.8, 4) is 22.8 Å². The number of hydrogen-bond acceptors (Lipinski definition) is 6. The third-order valence-electron chi connectivity index (χ3n) is 7.29. The van der Waals surface area contributed by atoms with Crippen molar-refractivity contribution in [1.82, 2.24) is 24.6 Å². The smallest absolute Gasteiger partial charge is 0.171 e. The standard InChI is InChI=1S/C26H26ClN5O3/c1-31-6-5-17(31)12-32-13-21(19-10-28-22(9-23(19)32)20-11-29-30-26(20)27)25(33)16-7-15-8-18(34-2)3-4-24(15)35-14-16/h3-4,8-11,13,16-17H,5-7,12,14H2,1-2H3,(H,29,30)/t16-,17-/m0/s1. The Balaban J connectivity index is 1.38. The predicted octanol–water partition coefficient (Wildman–Crippen LogP) is 4.23. The normalized spacial score (nSPS) is 19.7. The van der Waals surface area contributed by atoms with Gasteiger partial charge in [0.25, 0.3) is 0 Å². The van der Waals surface area contributed by atoms with Gasteiger partial charge in [-0.05, 0) is 56.3 Å². The topological polar surface area (TPSA) is 85.3 Å². The average molecular weight is 492 g/mol. The van der Waals surface area contributed by atoms with Crippen LogP contribution in [0.25, 0.3) is 22.2 Å². The third-order valence-corrected chi connectivity index (χ3v) is 7.58. The first-order valence-corrected chi connectivity index (χ1v) is 12.1. The second-order valence-corrected chi connectivity index (χ2v) is 9.73. The second kappa shape index (κ2) is 8.70. The molecule has 8 nitrogen and oxygen atoms in total. The van der Waals surface area contributed by atoms with Gasteiger partial charge in [-0.1, -0.05) is 11.6 Å². The molecular formula is C26H26ClN5O3. The Morgan fingerprint density at radius 3 is 2.91 bits per heavy atom. The Hall–Kier alpha value is -3.36. The molecule has 0 amide bonds. The number of halogens is 1. The van der Waals surface area contributed by atoms with E-state index in [4.69, 9.17) is 21.1 Å². The van der Waals surface area contributed by atoms with E-state index in [1.165, 1.54) is 0 Å². The van der Waals surface area contributed by atoms with Crippen LogP contribution in [-0.4, -0.2) is 63.8 Å². The molecule has 0 saturated carbocycles. The maximum Gasteiger partial charge on any atom is 0.171 e. The molecule has 5 heterocycles. The van der Waals surface area contributed by atoms with Gasteiger partial charge in [0.1, 0.15) is 16.7 Å². The van der Waals surface area contributed by atoms with Crippen molar-refractivity contribution in [2.75, 3.05) is 27.3 Å². The van der Waals surface area contributed by atoms with Gasteiger partial charge >= 0.3 is 0 Å². The van der Waals surface area contributed by atoms with Crippen LogP contribution in [0.3, 0.4) is 0 Å². The van der Waals surface area contributed by atoms with Crippen LogP contribution in [0.1, 0.15) is 22.3 Å². The largest absolute Gasteiger partial charge is 0.497 e. The summed E-state index contributed by atoms with van der Waals surface area (Å²) in [6.07, 6.45) is 7.19. The number of rotatable bonds is 6. The van der Waals surface area contributed by atoms with Crippen molar-refractivity contribution < 1.29 is 14.3 Å². The zero-order chi connectivity index (χ0) is 24.1. The number of pyridine rings is 1. The molecule has 0 spiro atoms. The Morgan fingerprint density at radius 2 is 2.20 bits per heavy atom. The van der Waals surface area contributed by atoms with Crippen LogP contribution in [0, 0.1) is 5.92 Å². The zero-order valence-electron chi connectivity index (χ0n) is 19.6. The lowest BCUT2D eigenvalue weighted by atomic mass is 9.89. The van der Waals surface area contributed by atoms with E-state index in [-0.39, 0.29) is 11.7 Å². The maximum absolute atomic E-state index is 13.8. The van der Waals surface area contributed by atoms with Gasteiger partial charge in [-0.25, -0.2) is 0 Å². The Morgan fingerprint density at radius 1 is 1.31 bits per heavy atom. The number of methoxy groups -OCH3 is 1. The minimum absolute atomic E-state index is 0.0695. The number of Topliss-reactive ketones (excluding diaryl/α,β-unsaturated/α-hetero) is 1. The number of H-pyrrole nitrogens is 1. The highest BCUT2D eigenvalue weighted by Gasteiger charge is 2.31. The molecule has 4 aromatic rings. The van der Waals surface area contributed by atoms with Gasteiger partial charge in [-0.2, -0.15) is 5.10 Å². The quantitative estimate of drug-likeness (QED) is 0.406. The number of ketones is 1. The average Bonchev–Trinajstić information content (AvgIpc) is 3.48. The summed E-state index contributed by atoms with van der Waals surface area (Å²) in [6, 6.07) is 8.18.